The molecule has 1 rings (SSSR count). The maximum Gasteiger partial charge on any atom is 0.00668 e. The average Bonchev–Trinajstić information content (AvgIpc) is 1.60. The Balaban J connectivity index is 0.000000810. The van der Waals surface area contributed by atoms with Gasteiger partial charge in [-0.15, -0.1) is 0 Å². The molecule has 1 fully saturated rings. The predicted octanol–water partition coefficient (Wildman–Crippen LogP) is 2.03. The first kappa shape index (κ1) is 7.07. The van der Waals surface area contributed by atoms with E-state index in [9.17, 15) is 0 Å². The molecule has 1 aliphatic carbocycles. The molecule has 0 heterocycles. The van der Waals surface area contributed by atoms with Crippen molar-refractivity contribution in [1.82, 2.24) is 5.32 Å². The maximum absolute atomic E-state index is 3.45. The molecule has 0 saturated heterocycles. The molecule has 1 heteroatoms. The third-order valence-electron chi connectivity index (χ3n) is 2.38. The minimum absolute atomic E-state index is 0. The first-order valence-electron chi connectivity index (χ1n) is 4.08. The Morgan fingerprint density at radius 2 is 2.33 bits per heavy atom. The summed E-state index contributed by atoms with van der Waals surface area (Å²) < 4.78 is 0. The molecule has 1 N–H and O–H groups in total. The fraction of sp³-hybridized carbons (Fsp3) is 1.00. The molecule has 0 radical (unpaired) electrons. The molecule has 0 aromatic carbocycles. The summed E-state index contributed by atoms with van der Waals surface area (Å²) in [4.78, 5) is 0. The molecule has 56 valence electrons. The second-order valence-electron chi connectivity index (χ2n) is 3.04. The van der Waals surface area contributed by atoms with Gasteiger partial charge in [0.2, 0.25) is 0 Å². The van der Waals surface area contributed by atoms with Gasteiger partial charge in [-0.05, 0) is 32.2 Å². The fourth-order valence-corrected chi connectivity index (χ4v) is 1.43. The molecular weight excluding hydrogens is 110 g/mol. The van der Waals surface area contributed by atoms with Crippen LogP contribution in [0.3, 0.4) is 0 Å². The Bertz CT molecular complexity index is 81.3. The van der Waals surface area contributed by atoms with E-state index in [-0.39, 0.29) is 1.43 Å². The SMILES string of the molecule is CCNC(C)C1CCC1.[HH]. The van der Waals surface area contributed by atoms with Gasteiger partial charge in [-0.3, -0.25) is 0 Å². The Labute approximate surface area is 59.3 Å². The van der Waals surface area contributed by atoms with Crippen molar-refractivity contribution in [2.45, 2.75) is 39.2 Å². The van der Waals surface area contributed by atoms with E-state index in [1.54, 1.807) is 0 Å². The summed E-state index contributed by atoms with van der Waals surface area (Å²) in [5.41, 5.74) is 0. The van der Waals surface area contributed by atoms with Crippen molar-refractivity contribution in [2.75, 3.05) is 6.54 Å². The van der Waals surface area contributed by atoms with Gasteiger partial charge in [-0.25, -0.2) is 0 Å². The topological polar surface area (TPSA) is 12.0 Å². The molecule has 1 unspecified atom stereocenters. The van der Waals surface area contributed by atoms with E-state index in [0.29, 0.717) is 0 Å². The monoisotopic (exact) mass is 129 g/mol. The quantitative estimate of drug-likeness (QED) is 0.615. The van der Waals surface area contributed by atoms with Crippen molar-refractivity contribution in [1.29, 1.82) is 0 Å². The first-order valence-corrected chi connectivity index (χ1v) is 4.08. The number of hydrogen-bond acceptors (Lipinski definition) is 1. The summed E-state index contributed by atoms with van der Waals surface area (Å²) in [7, 11) is 0. The first-order chi connectivity index (χ1) is 4.34. The Kier molecular flexibility index (Phi) is 2.52. The van der Waals surface area contributed by atoms with Gasteiger partial charge in [-0.1, -0.05) is 13.3 Å². The lowest BCUT2D eigenvalue weighted by molar-refractivity contribution is 0.243. The van der Waals surface area contributed by atoms with E-state index in [0.717, 1.165) is 18.5 Å². The van der Waals surface area contributed by atoms with E-state index in [1.807, 2.05) is 0 Å². The minimum Gasteiger partial charge on any atom is -0.314 e. The zero-order valence-corrected chi connectivity index (χ0v) is 6.48. The molecule has 0 aromatic rings. The van der Waals surface area contributed by atoms with E-state index in [4.69, 9.17) is 0 Å². The van der Waals surface area contributed by atoms with Gasteiger partial charge in [0, 0.05) is 7.47 Å². The number of rotatable bonds is 3. The molecular formula is C8H19N. The average molecular weight is 129 g/mol. The third-order valence-corrected chi connectivity index (χ3v) is 2.38. The van der Waals surface area contributed by atoms with Gasteiger partial charge in [0.25, 0.3) is 0 Å². The lowest BCUT2D eigenvalue weighted by Crippen LogP contribution is -2.36. The zero-order chi connectivity index (χ0) is 6.69. The van der Waals surface area contributed by atoms with Gasteiger partial charge in [0.1, 0.15) is 0 Å². The lowest BCUT2D eigenvalue weighted by Gasteiger charge is -2.31. The van der Waals surface area contributed by atoms with Crippen molar-refractivity contribution >= 4 is 0 Å². The molecule has 0 aliphatic heterocycles. The Morgan fingerprint density at radius 3 is 2.67 bits per heavy atom. The summed E-state index contributed by atoms with van der Waals surface area (Å²) in [6, 6.07) is 0.767. The summed E-state index contributed by atoms with van der Waals surface area (Å²) in [5.74, 6) is 0.991. The number of hydrogen-bond donors (Lipinski definition) is 1. The Hall–Kier alpha value is -0.0400. The van der Waals surface area contributed by atoms with Gasteiger partial charge < -0.3 is 5.32 Å². The molecule has 9 heavy (non-hydrogen) atoms. The fourth-order valence-electron chi connectivity index (χ4n) is 1.43. The summed E-state index contributed by atoms with van der Waals surface area (Å²) in [6.07, 6.45) is 4.36. The third kappa shape index (κ3) is 1.68. The summed E-state index contributed by atoms with van der Waals surface area (Å²) in [6.45, 7) is 5.60. The van der Waals surface area contributed by atoms with Crippen LogP contribution >= 0.6 is 0 Å². The molecule has 0 bridgehead atoms. The van der Waals surface area contributed by atoms with Crippen LogP contribution in [0.2, 0.25) is 0 Å². The minimum atomic E-state index is 0. The lowest BCUT2D eigenvalue weighted by atomic mass is 9.80. The molecule has 0 aromatic heterocycles. The maximum atomic E-state index is 3.45. The predicted molar refractivity (Wildman–Crippen MR) is 42.6 cm³/mol. The van der Waals surface area contributed by atoms with Crippen LogP contribution in [-0.4, -0.2) is 12.6 Å². The van der Waals surface area contributed by atoms with Crippen LogP contribution in [0.5, 0.6) is 0 Å². The van der Waals surface area contributed by atoms with Crippen LogP contribution in [-0.2, 0) is 0 Å². The van der Waals surface area contributed by atoms with Crippen molar-refractivity contribution in [3.05, 3.63) is 0 Å². The van der Waals surface area contributed by atoms with Gasteiger partial charge in [0.15, 0.2) is 0 Å². The molecule has 1 atom stereocenters. The molecule has 1 aliphatic rings. The van der Waals surface area contributed by atoms with E-state index in [1.165, 1.54) is 19.3 Å². The summed E-state index contributed by atoms with van der Waals surface area (Å²) >= 11 is 0. The highest BCUT2D eigenvalue weighted by molar-refractivity contribution is 4.78. The van der Waals surface area contributed by atoms with Gasteiger partial charge in [0.05, 0.1) is 0 Å². The molecule has 0 spiro atoms. The van der Waals surface area contributed by atoms with Crippen molar-refractivity contribution in [3.63, 3.8) is 0 Å². The highest BCUT2D eigenvalue weighted by Gasteiger charge is 2.22. The molecule has 1 nitrogen and oxygen atoms in total. The second-order valence-corrected chi connectivity index (χ2v) is 3.04. The van der Waals surface area contributed by atoms with Crippen LogP contribution in [0.1, 0.15) is 34.5 Å². The standard InChI is InChI=1S/C8H17N.H2/c1-3-9-7(2)8-5-4-6-8;/h7-9H,3-6H2,1-2H3;1H. The second kappa shape index (κ2) is 3.21. The zero-order valence-electron chi connectivity index (χ0n) is 6.48. The number of nitrogens with one attached hydrogen (secondary N) is 1. The summed E-state index contributed by atoms with van der Waals surface area (Å²) in [5, 5.41) is 3.45. The van der Waals surface area contributed by atoms with Gasteiger partial charge >= 0.3 is 0 Å². The molecule has 0 amide bonds. The van der Waals surface area contributed by atoms with Gasteiger partial charge in [-0.2, -0.15) is 0 Å². The van der Waals surface area contributed by atoms with Crippen LogP contribution in [0, 0.1) is 5.92 Å². The van der Waals surface area contributed by atoms with Crippen LogP contribution in [0.25, 0.3) is 0 Å². The van der Waals surface area contributed by atoms with Crippen molar-refractivity contribution in [3.8, 4) is 0 Å². The normalized spacial score (nSPS) is 23.3. The van der Waals surface area contributed by atoms with E-state index in [2.05, 4.69) is 19.2 Å². The highest BCUT2D eigenvalue weighted by Crippen LogP contribution is 2.28. The van der Waals surface area contributed by atoms with Crippen LogP contribution in [0.4, 0.5) is 0 Å². The van der Waals surface area contributed by atoms with Crippen molar-refractivity contribution < 1.29 is 1.43 Å². The highest BCUT2D eigenvalue weighted by atomic mass is 14.9. The van der Waals surface area contributed by atoms with Crippen LogP contribution < -0.4 is 5.32 Å². The van der Waals surface area contributed by atoms with E-state index < -0.39 is 0 Å². The molecule has 1 saturated carbocycles. The Morgan fingerprint density at radius 1 is 1.67 bits per heavy atom. The van der Waals surface area contributed by atoms with Crippen LogP contribution in [0.15, 0.2) is 0 Å². The van der Waals surface area contributed by atoms with E-state index >= 15 is 0 Å². The smallest absolute Gasteiger partial charge is 0.00668 e. The van der Waals surface area contributed by atoms with Crippen molar-refractivity contribution in [2.24, 2.45) is 5.92 Å². The largest absolute Gasteiger partial charge is 0.314 e.